The topological polar surface area (TPSA) is 45.7 Å². The van der Waals surface area contributed by atoms with Gasteiger partial charge in [0.25, 0.3) is 0 Å². The number of fused-ring (bicyclic) bond motifs is 3. The highest BCUT2D eigenvalue weighted by Crippen LogP contribution is 2.35. The first-order chi connectivity index (χ1) is 10.3. The van der Waals surface area contributed by atoms with Crippen molar-refractivity contribution in [3.05, 3.63) is 22.3 Å². The first kappa shape index (κ1) is 15.6. The average molecular weight is 368 g/mol. The number of carbonyl (C=O) groups excluding carboxylic acids is 1. The molecular formula is C16H22BrN3O2. The Kier molecular flexibility index (Phi) is 4.05. The lowest BCUT2D eigenvalue weighted by atomic mass is 9.96. The van der Waals surface area contributed by atoms with Crippen molar-refractivity contribution in [3.63, 3.8) is 0 Å². The van der Waals surface area contributed by atoms with Crippen LogP contribution in [0.5, 0.6) is 0 Å². The molecule has 3 heterocycles. The Hall–Kier alpha value is -1.30. The number of halogens is 1. The highest BCUT2D eigenvalue weighted by Gasteiger charge is 2.36. The molecule has 1 aromatic heterocycles. The zero-order valence-corrected chi connectivity index (χ0v) is 14.9. The molecule has 6 heteroatoms. The Morgan fingerprint density at radius 3 is 2.91 bits per heavy atom. The fourth-order valence-corrected chi connectivity index (χ4v) is 3.62. The lowest BCUT2D eigenvalue weighted by Crippen LogP contribution is -2.57. The van der Waals surface area contributed by atoms with Gasteiger partial charge in [-0.1, -0.05) is 15.9 Å². The third-order valence-corrected chi connectivity index (χ3v) is 4.85. The molecule has 0 radical (unpaired) electrons. The van der Waals surface area contributed by atoms with Crippen LogP contribution in [-0.4, -0.2) is 47.3 Å². The van der Waals surface area contributed by atoms with Crippen molar-refractivity contribution in [2.24, 2.45) is 0 Å². The fourth-order valence-electron chi connectivity index (χ4n) is 3.12. The van der Waals surface area contributed by atoms with E-state index in [-0.39, 0.29) is 6.09 Å². The van der Waals surface area contributed by atoms with Crippen molar-refractivity contribution in [1.29, 1.82) is 0 Å². The van der Waals surface area contributed by atoms with Crippen LogP contribution in [0, 0.1) is 0 Å². The van der Waals surface area contributed by atoms with E-state index in [0.29, 0.717) is 19.1 Å². The third kappa shape index (κ3) is 3.07. The molecule has 0 N–H and O–H groups in total. The van der Waals surface area contributed by atoms with Crippen LogP contribution in [0.25, 0.3) is 0 Å². The zero-order chi connectivity index (χ0) is 15.9. The van der Waals surface area contributed by atoms with E-state index in [1.165, 1.54) is 5.56 Å². The van der Waals surface area contributed by atoms with Crippen LogP contribution in [-0.2, 0) is 11.2 Å². The van der Waals surface area contributed by atoms with Crippen molar-refractivity contribution in [2.75, 3.05) is 24.5 Å². The molecular weight excluding hydrogens is 346 g/mol. The molecule has 1 aromatic rings. The number of aromatic nitrogens is 1. The predicted octanol–water partition coefficient (Wildman–Crippen LogP) is 3.22. The van der Waals surface area contributed by atoms with Crippen molar-refractivity contribution in [1.82, 2.24) is 9.88 Å². The maximum atomic E-state index is 12.2. The summed E-state index contributed by atoms with van der Waals surface area (Å²) in [7, 11) is 0. The van der Waals surface area contributed by atoms with Gasteiger partial charge >= 0.3 is 6.09 Å². The smallest absolute Gasteiger partial charge is 0.410 e. The van der Waals surface area contributed by atoms with Gasteiger partial charge in [-0.3, -0.25) is 0 Å². The standard InChI is InChI=1S/C16H22BrN3O2/c1-16(2,3)22-15(21)19-8-9-20-11(10-19)4-5-12-13(17)6-7-18-14(12)20/h6-7,11H,4-5,8-10H2,1-3H3. The summed E-state index contributed by atoms with van der Waals surface area (Å²) < 4.78 is 6.62. The molecule has 1 fully saturated rings. The zero-order valence-electron chi connectivity index (χ0n) is 13.3. The van der Waals surface area contributed by atoms with E-state index in [9.17, 15) is 4.79 Å². The van der Waals surface area contributed by atoms with Crippen LogP contribution in [0.4, 0.5) is 10.6 Å². The second-order valence-electron chi connectivity index (χ2n) is 6.91. The average Bonchev–Trinajstić information content (AvgIpc) is 2.45. The number of nitrogens with zero attached hydrogens (tertiary/aromatic N) is 3. The molecule has 0 saturated carbocycles. The van der Waals surface area contributed by atoms with Gasteiger partial charge < -0.3 is 14.5 Å². The molecule has 120 valence electrons. The van der Waals surface area contributed by atoms with E-state index in [2.05, 4.69) is 25.8 Å². The fraction of sp³-hybridized carbons (Fsp3) is 0.625. The van der Waals surface area contributed by atoms with Crippen molar-refractivity contribution in [2.45, 2.75) is 45.3 Å². The van der Waals surface area contributed by atoms with Gasteiger partial charge in [-0.05, 0) is 39.7 Å². The molecule has 1 amide bonds. The van der Waals surface area contributed by atoms with E-state index in [0.717, 1.165) is 29.7 Å². The third-order valence-electron chi connectivity index (χ3n) is 4.11. The van der Waals surface area contributed by atoms with Crippen molar-refractivity contribution >= 4 is 27.8 Å². The number of rotatable bonds is 0. The lowest BCUT2D eigenvalue weighted by Gasteiger charge is -2.45. The highest BCUT2D eigenvalue weighted by molar-refractivity contribution is 9.10. The van der Waals surface area contributed by atoms with Gasteiger partial charge in [0, 0.05) is 41.9 Å². The Labute approximate surface area is 139 Å². The Morgan fingerprint density at radius 1 is 1.41 bits per heavy atom. The normalized spacial score (nSPS) is 21.2. The summed E-state index contributed by atoms with van der Waals surface area (Å²) in [5, 5.41) is 0. The van der Waals surface area contributed by atoms with E-state index >= 15 is 0 Å². The lowest BCUT2D eigenvalue weighted by molar-refractivity contribution is 0.0210. The molecule has 1 unspecified atom stereocenters. The van der Waals surface area contributed by atoms with Gasteiger partial charge in [-0.15, -0.1) is 0 Å². The van der Waals surface area contributed by atoms with E-state index in [1.54, 1.807) is 0 Å². The number of pyridine rings is 1. The maximum Gasteiger partial charge on any atom is 0.410 e. The summed E-state index contributed by atoms with van der Waals surface area (Å²) in [4.78, 5) is 21.0. The molecule has 0 spiro atoms. The SMILES string of the molecule is CC(C)(C)OC(=O)N1CCN2c3nccc(Br)c3CCC2C1. The minimum Gasteiger partial charge on any atom is -0.444 e. The van der Waals surface area contributed by atoms with Gasteiger partial charge in [-0.2, -0.15) is 0 Å². The van der Waals surface area contributed by atoms with Gasteiger partial charge in [0.2, 0.25) is 0 Å². The summed E-state index contributed by atoms with van der Waals surface area (Å²) >= 11 is 3.62. The number of anilines is 1. The van der Waals surface area contributed by atoms with E-state index < -0.39 is 5.60 Å². The molecule has 3 rings (SSSR count). The van der Waals surface area contributed by atoms with Crippen LogP contribution in [0.1, 0.15) is 32.8 Å². The summed E-state index contributed by atoms with van der Waals surface area (Å²) in [5.41, 5.74) is 0.837. The van der Waals surface area contributed by atoms with E-state index in [4.69, 9.17) is 4.74 Å². The summed E-state index contributed by atoms with van der Waals surface area (Å²) in [6.07, 6.45) is 3.66. The van der Waals surface area contributed by atoms with Gasteiger partial charge in [0.05, 0.1) is 0 Å². The van der Waals surface area contributed by atoms with Crippen LogP contribution in [0.2, 0.25) is 0 Å². The minimum atomic E-state index is -0.445. The second kappa shape index (κ2) is 5.72. The van der Waals surface area contributed by atoms with Gasteiger partial charge in [0.1, 0.15) is 11.4 Å². The van der Waals surface area contributed by atoms with Crippen LogP contribution in [0.3, 0.4) is 0 Å². The van der Waals surface area contributed by atoms with Crippen molar-refractivity contribution < 1.29 is 9.53 Å². The Morgan fingerprint density at radius 2 is 2.18 bits per heavy atom. The van der Waals surface area contributed by atoms with Crippen LogP contribution < -0.4 is 4.90 Å². The monoisotopic (exact) mass is 367 g/mol. The quantitative estimate of drug-likeness (QED) is 0.706. The molecule has 0 aromatic carbocycles. The maximum absolute atomic E-state index is 12.2. The van der Waals surface area contributed by atoms with Crippen LogP contribution in [0.15, 0.2) is 16.7 Å². The molecule has 22 heavy (non-hydrogen) atoms. The Bertz CT molecular complexity index is 585. The number of carbonyl (C=O) groups is 1. The molecule has 1 atom stereocenters. The van der Waals surface area contributed by atoms with Crippen LogP contribution >= 0.6 is 15.9 Å². The first-order valence-corrected chi connectivity index (χ1v) is 8.52. The number of amides is 1. The molecule has 0 bridgehead atoms. The van der Waals surface area contributed by atoms with Crippen molar-refractivity contribution in [3.8, 4) is 0 Å². The predicted molar refractivity (Wildman–Crippen MR) is 89.2 cm³/mol. The molecule has 5 nitrogen and oxygen atoms in total. The summed E-state index contributed by atoms with van der Waals surface area (Å²) in [5.74, 6) is 1.06. The largest absolute Gasteiger partial charge is 0.444 e. The number of hydrogen-bond donors (Lipinski definition) is 0. The molecule has 2 aliphatic heterocycles. The second-order valence-corrected chi connectivity index (χ2v) is 7.76. The summed E-state index contributed by atoms with van der Waals surface area (Å²) in [6.45, 7) is 7.90. The number of piperazine rings is 1. The van der Waals surface area contributed by atoms with Gasteiger partial charge in [0.15, 0.2) is 0 Å². The number of hydrogen-bond acceptors (Lipinski definition) is 4. The number of ether oxygens (including phenoxy) is 1. The first-order valence-electron chi connectivity index (χ1n) is 7.73. The molecule has 1 saturated heterocycles. The molecule has 2 aliphatic rings. The summed E-state index contributed by atoms with van der Waals surface area (Å²) in [6, 6.07) is 2.33. The highest BCUT2D eigenvalue weighted by atomic mass is 79.9. The Balaban J connectivity index is 1.73. The van der Waals surface area contributed by atoms with E-state index in [1.807, 2.05) is 37.9 Å². The van der Waals surface area contributed by atoms with Gasteiger partial charge in [-0.25, -0.2) is 9.78 Å². The molecule has 0 aliphatic carbocycles. The minimum absolute atomic E-state index is 0.208.